The molecule has 1 N–H and O–H groups in total. The van der Waals surface area contributed by atoms with Crippen LogP contribution in [-0.4, -0.2) is 24.9 Å². The largest absolute Gasteiger partial charge is 0.416 e. The normalized spacial score (nSPS) is 12.8. The maximum atomic E-state index is 12.1. The zero-order chi connectivity index (χ0) is 16.5. The molecule has 2 aromatic rings. The van der Waals surface area contributed by atoms with Crippen LogP contribution in [0.3, 0.4) is 0 Å². The van der Waals surface area contributed by atoms with Crippen LogP contribution in [0.5, 0.6) is 0 Å². The lowest BCUT2D eigenvalue weighted by Gasteiger charge is -2.36. The summed E-state index contributed by atoms with van der Waals surface area (Å²) in [6.07, 6.45) is 0.619. The van der Waals surface area contributed by atoms with Crippen molar-refractivity contribution in [1.82, 2.24) is 9.97 Å². The molecule has 1 heterocycles. The standard InChI is InChI=1S/C16H23BrN2O2Si/c1-16(2,3)22(4,5)21-9-8-14-18-13-7-6-11(17)10-12(13)15(20)19-14/h6-7,10H,8-9H2,1-5H3,(H,18,19,20). The van der Waals surface area contributed by atoms with E-state index >= 15 is 0 Å². The third-order valence-corrected chi connectivity index (χ3v) is 9.36. The molecule has 0 spiro atoms. The van der Waals surface area contributed by atoms with Crippen molar-refractivity contribution in [3.8, 4) is 0 Å². The fraction of sp³-hybridized carbons (Fsp3) is 0.500. The van der Waals surface area contributed by atoms with Gasteiger partial charge in [-0.15, -0.1) is 0 Å². The molecule has 0 aliphatic rings. The lowest BCUT2D eigenvalue weighted by atomic mass is 10.2. The summed E-state index contributed by atoms with van der Waals surface area (Å²) in [6, 6.07) is 5.54. The first-order valence-electron chi connectivity index (χ1n) is 7.42. The van der Waals surface area contributed by atoms with Crippen LogP contribution in [0.1, 0.15) is 26.6 Å². The van der Waals surface area contributed by atoms with E-state index < -0.39 is 8.32 Å². The second-order valence-corrected chi connectivity index (χ2v) is 12.8. The predicted molar refractivity (Wildman–Crippen MR) is 96.9 cm³/mol. The SMILES string of the molecule is CC(C)(C)[Si](C)(C)OCCc1nc2ccc(Br)cc2c(=O)[nH]1. The van der Waals surface area contributed by atoms with Crippen molar-refractivity contribution in [1.29, 1.82) is 0 Å². The number of hydrogen-bond donors (Lipinski definition) is 1. The molecule has 0 saturated heterocycles. The van der Waals surface area contributed by atoms with Crippen LogP contribution in [-0.2, 0) is 10.8 Å². The first kappa shape index (κ1) is 17.4. The minimum Gasteiger partial charge on any atom is -0.416 e. The lowest BCUT2D eigenvalue weighted by Crippen LogP contribution is -2.41. The molecule has 1 aromatic heterocycles. The average Bonchev–Trinajstić information content (AvgIpc) is 2.38. The summed E-state index contributed by atoms with van der Waals surface area (Å²) in [5.74, 6) is 0.679. The number of fused-ring (bicyclic) bond motifs is 1. The van der Waals surface area contributed by atoms with Crippen LogP contribution in [0, 0.1) is 0 Å². The molecule has 0 radical (unpaired) electrons. The fourth-order valence-corrected chi connectivity index (χ4v) is 3.30. The Bertz CT molecular complexity index is 735. The molecule has 1 aromatic carbocycles. The Balaban J connectivity index is 2.13. The molecular weight excluding hydrogens is 360 g/mol. The monoisotopic (exact) mass is 382 g/mol. The maximum Gasteiger partial charge on any atom is 0.258 e. The van der Waals surface area contributed by atoms with E-state index in [-0.39, 0.29) is 10.6 Å². The molecule has 6 heteroatoms. The topological polar surface area (TPSA) is 55.0 Å². The second kappa shape index (κ2) is 6.26. The molecule has 0 unspecified atom stereocenters. The van der Waals surface area contributed by atoms with E-state index in [0.717, 1.165) is 4.47 Å². The summed E-state index contributed by atoms with van der Waals surface area (Å²) in [6.45, 7) is 11.7. The minimum absolute atomic E-state index is 0.103. The van der Waals surface area contributed by atoms with Gasteiger partial charge < -0.3 is 9.41 Å². The second-order valence-electron chi connectivity index (χ2n) is 7.03. The molecule has 0 amide bonds. The molecule has 22 heavy (non-hydrogen) atoms. The predicted octanol–water partition coefficient (Wildman–Crippen LogP) is 4.25. The maximum absolute atomic E-state index is 12.1. The van der Waals surface area contributed by atoms with Gasteiger partial charge in [0.1, 0.15) is 5.82 Å². The van der Waals surface area contributed by atoms with Crippen LogP contribution in [0.4, 0.5) is 0 Å². The van der Waals surface area contributed by atoms with E-state index in [1.807, 2.05) is 12.1 Å². The minimum atomic E-state index is -1.76. The van der Waals surface area contributed by atoms with Crippen molar-refractivity contribution < 1.29 is 4.43 Å². The highest BCUT2D eigenvalue weighted by molar-refractivity contribution is 9.10. The third-order valence-electron chi connectivity index (χ3n) is 4.32. The van der Waals surface area contributed by atoms with Gasteiger partial charge in [-0.1, -0.05) is 36.7 Å². The first-order valence-corrected chi connectivity index (χ1v) is 11.1. The van der Waals surface area contributed by atoms with E-state index in [0.29, 0.717) is 29.8 Å². The number of aromatic amines is 1. The van der Waals surface area contributed by atoms with Gasteiger partial charge in [-0.3, -0.25) is 4.79 Å². The van der Waals surface area contributed by atoms with Gasteiger partial charge in [0.05, 0.1) is 10.9 Å². The number of halogens is 1. The Labute approximate surface area is 140 Å². The summed E-state index contributed by atoms with van der Waals surface area (Å²) >= 11 is 3.37. The van der Waals surface area contributed by atoms with Gasteiger partial charge in [0.15, 0.2) is 8.32 Å². The molecule has 0 bridgehead atoms. The highest BCUT2D eigenvalue weighted by Gasteiger charge is 2.36. The molecule has 120 valence electrons. The first-order chi connectivity index (χ1) is 10.1. The molecule has 4 nitrogen and oxygen atoms in total. The van der Waals surface area contributed by atoms with Crippen molar-refractivity contribution in [3.63, 3.8) is 0 Å². The Morgan fingerprint density at radius 3 is 2.64 bits per heavy atom. The van der Waals surface area contributed by atoms with E-state index in [1.165, 1.54) is 0 Å². The van der Waals surface area contributed by atoms with Crippen LogP contribution >= 0.6 is 15.9 Å². The highest BCUT2D eigenvalue weighted by atomic mass is 79.9. The molecule has 0 saturated carbocycles. The number of nitrogens with one attached hydrogen (secondary N) is 1. The summed E-state index contributed by atoms with van der Waals surface area (Å²) in [5, 5.41) is 0.784. The number of benzene rings is 1. The zero-order valence-electron chi connectivity index (χ0n) is 13.8. The Kier molecular flexibility index (Phi) is 4.94. The van der Waals surface area contributed by atoms with Crippen LogP contribution in [0.2, 0.25) is 18.1 Å². The molecule has 0 atom stereocenters. The Morgan fingerprint density at radius 1 is 1.32 bits per heavy atom. The van der Waals surface area contributed by atoms with Gasteiger partial charge in [-0.05, 0) is 36.3 Å². The van der Waals surface area contributed by atoms with Crippen LogP contribution in [0.25, 0.3) is 10.9 Å². The van der Waals surface area contributed by atoms with E-state index in [1.54, 1.807) is 6.07 Å². The van der Waals surface area contributed by atoms with Crippen molar-refractivity contribution in [3.05, 3.63) is 38.9 Å². The average molecular weight is 383 g/mol. The van der Waals surface area contributed by atoms with Gasteiger partial charge in [0, 0.05) is 17.5 Å². The van der Waals surface area contributed by atoms with Gasteiger partial charge >= 0.3 is 0 Å². The molecule has 0 fully saturated rings. The number of hydrogen-bond acceptors (Lipinski definition) is 3. The van der Waals surface area contributed by atoms with E-state index in [2.05, 4.69) is 59.8 Å². The quantitative estimate of drug-likeness (QED) is 0.803. The number of nitrogens with zero attached hydrogens (tertiary/aromatic N) is 1. The van der Waals surface area contributed by atoms with Crippen molar-refractivity contribution in [2.24, 2.45) is 0 Å². The van der Waals surface area contributed by atoms with Crippen LogP contribution < -0.4 is 5.56 Å². The van der Waals surface area contributed by atoms with Gasteiger partial charge in [-0.25, -0.2) is 4.98 Å². The molecular formula is C16H23BrN2O2Si. The van der Waals surface area contributed by atoms with Gasteiger partial charge in [-0.2, -0.15) is 0 Å². The number of H-pyrrole nitrogens is 1. The Hall–Kier alpha value is -0.983. The smallest absolute Gasteiger partial charge is 0.258 e. The summed E-state index contributed by atoms with van der Waals surface area (Å²) in [4.78, 5) is 19.5. The van der Waals surface area contributed by atoms with Gasteiger partial charge in [0.2, 0.25) is 0 Å². The molecule has 0 aliphatic carbocycles. The fourth-order valence-electron chi connectivity index (χ4n) is 1.90. The van der Waals surface area contributed by atoms with Gasteiger partial charge in [0.25, 0.3) is 5.56 Å². The highest BCUT2D eigenvalue weighted by Crippen LogP contribution is 2.36. The number of aromatic nitrogens is 2. The van der Waals surface area contributed by atoms with E-state index in [4.69, 9.17) is 4.43 Å². The zero-order valence-corrected chi connectivity index (χ0v) is 16.4. The number of rotatable bonds is 4. The molecule has 0 aliphatic heterocycles. The third kappa shape index (κ3) is 3.85. The van der Waals surface area contributed by atoms with Crippen molar-refractivity contribution in [2.45, 2.75) is 45.3 Å². The summed E-state index contributed by atoms with van der Waals surface area (Å²) < 4.78 is 7.01. The molecule has 2 rings (SSSR count). The van der Waals surface area contributed by atoms with Crippen molar-refractivity contribution >= 4 is 35.2 Å². The summed E-state index contributed by atoms with van der Waals surface area (Å²) in [7, 11) is -1.76. The van der Waals surface area contributed by atoms with Crippen LogP contribution in [0.15, 0.2) is 27.5 Å². The lowest BCUT2D eigenvalue weighted by molar-refractivity contribution is 0.289. The Morgan fingerprint density at radius 2 is 2.00 bits per heavy atom. The summed E-state index contributed by atoms with van der Waals surface area (Å²) in [5.41, 5.74) is 0.614. The van der Waals surface area contributed by atoms with E-state index in [9.17, 15) is 4.79 Å². The van der Waals surface area contributed by atoms with Crippen molar-refractivity contribution in [2.75, 3.05) is 6.61 Å².